The van der Waals surface area contributed by atoms with Crippen molar-refractivity contribution in [2.45, 2.75) is 30.0 Å². The molecule has 1 aromatic carbocycles. The van der Waals surface area contributed by atoms with E-state index in [1.807, 2.05) is 36.4 Å². The second-order valence-electron chi connectivity index (χ2n) is 7.46. The average Bonchev–Trinajstić information content (AvgIpc) is 2.98. The Morgan fingerprint density at radius 2 is 1.94 bits per heavy atom. The van der Waals surface area contributed by atoms with Crippen LogP contribution >= 0.6 is 11.9 Å². The first-order chi connectivity index (χ1) is 15.6. The monoisotopic (exact) mass is 452 g/mol. The van der Waals surface area contributed by atoms with Gasteiger partial charge in [0.05, 0.1) is 35.9 Å². The van der Waals surface area contributed by atoms with Crippen LogP contribution in [0.1, 0.15) is 23.3 Å². The number of hydrogen-bond acceptors (Lipinski definition) is 8. The fourth-order valence-electron chi connectivity index (χ4n) is 3.47. The number of nitrogens with zero attached hydrogens (tertiary/aromatic N) is 4. The number of aliphatic hydroxyl groups excluding tert-OH is 1. The fourth-order valence-corrected chi connectivity index (χ4v) is 4.43. The molecule has 4 rings (SSSR count). The molecular formula is C22H24N6O3S. The third-order valence-electron chi connectivity index (χ3n) is 5.08. The molecule has 10 heteroatoms. The van der Waals surface area contributed by atoms with E-state index < -0.39 is 12.0 Å². The molecule has 32 heavy (non-hydrogen) atoms. The van der Waals surface area contributed by atoms with Gasteiger partial charge >= 0.3 is 0 Å². The summed E-state index contributed by atoms with van der Waals surface area (Å²) in [5.41, 5.74) is 1.45. The van der Waals surface area contributed by atoms with Crippen LogP contribution in [0.4, 0.5) is 0 Å². The quantitative estimate of drug-likeness (QED) is 0.480. The van der Waals surface area contributed by atoms with Crippen molar-refractivity contribution in [3.63, 3.8) is 0 Å². The molecule has 2 amide bonds. The highest BCUT2D eigenvalue weighted by Gasteiger charge is 2.27. The van der Waals surface area contributed by atoms with E-state index in [4.69, 9.17) is 0 Å². The third kappa shape index (κ3) is 5.78. The molecule has 2 atom stereocenters. The summed E-state index contributed by atoms with van der Waals surface area (Å²) >= 11 is 1.49. The zero-order valence-corrected chi connectivity index (χ0v) is 18.2. The fraction of sp³-hybridized carbons (Fsp3) is 0.318. The van der Waals surface area contributed by atoms with Crippen LogP contribution < -0.4 is 10.6 Å². The van der Waals surface area contributed by atoms with Crippen LogP contribution in [-0.2, 0) is 4.79 Å². The first-order valence-corrected chi connectivity index (χ1v) is 11.2. The highest BCUT2D eigenvalue weighted by atomic mass is 32.2. The van der Waals surface area contributed by atoms with Crippen molar-refractivity contribution in [2.75, 3.05) is 19.6 Å². The number of fused-ring (bicyclic) bond motifs is 1. The lowest BCUT2D eigenvalue weighted by molar-refractivity contribution is -0.121. The highest BCUT2D eigenvalue weighted by Crippen LogP contribution is 2.24. The summed E-state index contributed by atoms with van der Waals surface area (Å²) in [6.07, 6.45) is 3.87. The minimum absolute atomic E-state index is 0.146. The second kappa shape index (κ2) is 10.5. The van der Waals surface area contributed by atoms with E-state index >= 15 is 0 Å². The van der Waals surface area contributed by atoms with Crippen molar-refractivity contribution in [2.24, 2.45) is 0 Å². The largest absolute Gasteiger partial charge is 0.390 e. The van der Waals surface area contributed by atoms with Crippen molar-refractivity contribution in [1.29, 1.82) is 0 Å². The van der Waals surface area contributed by atoms with Crippen molar-refractivity contribution in [3.8, 4) is 0 Å². The lowest BCUT2D eigenvalue weighted by Gasteiger charge is -2.24. The maximum absolute atomic E-state index is 12.4. The van der Waals surface area contributed by atoms with Crippen molar-refractivity contribution >= 4 is 34.8 Å². The first-order valence-electron chi connectivity index (χ1n) is 10.4. The predicted molar refractivity (Wildman–Crippen MR) is 121 cm³/mol. The number of rotatable bonds is 6. The Labute approximate surface area is 189 Å². The molecular weight excluding hydrogens is 428 g/mol. The van der Waals surface area contributed by atoms with Gasteiger partial charge in [-0.25, -0.2) is 14.3 Å². The Balaban J connectivity index is 1.27. The van der Waals surface area contributed by atoms with Crippen LogP contribution in [0, 0.1) is 0 Å². The molecule has 3 aromatic rings. The summed E-state index contributed by atoms with van der Waals surface area (Å²) in [6.45, 7) is 0.982. The number of para-hydroxylation sites is 2. The third-order valence-corrected chi connectivity index (χ3v) is 6.09. The van der Waals surface area contributed by atoms with Crippen LogP contribution in [0.5, 0.6) is 0 Å². The molecule has 3 N–H and O–H groups in total. The summed E-state index contributed by atoms with van der Waals surface area (Å²) in [4.78, 5) is 37.5. The number of aliphatic hydroxyl groups is 1. The Morgan fingerprint density at radius 1 is 1.12 bits per heavy atom. The van der Waals surface area contributed by atoms with Crippen molar-refractivity contribution in [1.82, 2.24) is 29.9 Å². The number of benzene rings is 1. The smallest absolute Gasteiger partial charge is 0.271 e. The number of amides is 2. The summed E-state index contributed by atoms with van der Waals surface area (Å²) in [7, 11) is 0. The zero-order chi connectivity index (χ0) is 22.3. The van der Waals surface area contributed by atoms with Crippen LogP contribution in [0.3, 0.4) is 0 Å². The van der Waals surface area contributed by atoms with E-state index in [9.17, 15) is 14.7 Å². The molecule has 9 nitrogen and oxygen atoms in total. The Morgan fingerprint density at radius 3 is 2.75 bits per heavy atom. The van der Waals surface area contributed by atoms with Gasteiger partial charge in [0.1, 0.15) is 10.7 Å². The summed E-state index contributed by atoms with van der Waals surface area (Å²) < 4.78 is 2.05. The molecule has 1 fully saturated rings. The van der Waals surface area contributed by atoms with Crippen molar-refractivity contribution in [3.05, 3.63) is 60.6 Å². The number of nitrogens with one attached hydrogen (secondary N) is 2. The molecule has 2 unspecified atom stereocenters. The Hall–Kier alpha value is -3.08. The highest BCUT2D eigenvalue weighted by molar-refractivity contribution is 7.97. The molecule has 0 aliphatic carbocycles. The number of β-amino-alcohol motifs (C(OH)–C–C–N with tert-alkyl or cyclic N) is 1. The topological polar surface area (TPSA) is 120 Å². The van der Waals surface area contributed by atoms with Gasteiger partial charge in [0, 0.05) is 19.3 Å². The molecule has 0 bridgehead atoms. The van der Waals surface area contributed by atoms with Gasteiger partial charge in [0.15, 0.2) is 0 Å². The molecule has 0 saturated carbocycles. The SMILES string of the molecule is O=C(CNC(=O)c1cnc2ccccc2n1)NC1CCCN(Sc2ccccn2)CC1O. The standard InChI is InChI=1S/C22H24N6O3S/c29-19-14-28(32-21-9-3-4-10-23-21)11-5-8-17(19)27-20(30)13-25-22(31)18-12-24-15-6-1-2-7-16(15)26-18/h1-4,6-7,9-10,12,17,19,29H,5,8,11,13-14H2,(H,25,31)(H,27,30). The lowest BCUT2D eigenvalue weighted by atomic mass is 10.1. The van der Waals surface area contributed by atoms with Crippen LogP contribution in [0.25, 0.3) is 11.0 Å². The number of pyridine rings is 1. The number of carbonyl (C=O) groups excluding carboxylic acids is 2. The van der Waals surface area contributed by atoms with Crippen molar-refractivity contribution < 1.29 is 14.7 Å². The van der Waals surface area contributed by atoms with E-state index in [2.05, 4.69) is 29.9 Å². The molecule has 1 saturated heterocycles. The van der Waals surface area contributed by atoms with Crippen LogP contribution in [0.15, 0.2) is 59.9 Å². The van der Waals surface area contributed by atoms with Crippen LogP contribution in [0.2, 0.25) is 0 Å². The van der Waals surface area contributed by atoms with Gasteiger partial charge < -0.3 is 15.7 Å². The van der Waals surface area contributed by atoms with Gasteiger partial charge in [-0.2, -0.15) is 0 Å². The molecule has 0 radical (unpaired) electrons. The number of carbonyl (C=O) groups is 2. The van der Waals surface area contributed by atoms with E-state index in [0.717, 1.165) is 18.0 Å². The van der Waals surface area contributed by atoms with E-state index in [0.29, 0.717) is 24.0 Å². The minimum Gasteiger partial charge on any atom is -0.390 e. The summed E-state index contributed by atoms with van der Waals surface area (Å²) in [6, 6.07) is 12.6. The van der Waals surface area contributed by atoms with Gasteiger partial charge in [0.2, 0.25) is 5.91 Å². The molecule has 2 aromatic heterocycles. The van der Waals surface area contributed by atoms with Crippen LogP contribution in [-0.4, -0.2) is 68.0 Å². The number of hydrogen-bond donors (Lipinski definition) is 3. The van der Waals surface area contributed by atoms with Gasteiger partial charge in [-0.05, 0) is 49.1 Å². The summed E-state index contributed by atoms with van der Waals surface area (Å²) in [5, 5.41) is 16.9. The van der Waals surface area contributed by atoms with Gasteiger partial charge in [-0.1, -0.05) is 18.2 Å². The minimum atomic E-state index is -0.722. The molecule has 166 valence electrons. The van der Waals surface area contributed by atoms with Gasteiger partial charge in [-0.15, -0.1) is 0 Å². The molecule has 1 aliphatic heterocycles. The van der Waals surface area contributed by atoms with E-state index in [-0.39, 0.29) is 24.2 Å². The normalized spacial score (nSPS) is 19.3. The first kappa shape index (κ1) is 22.1. The van der Waals surface area contributed by atoms with Gasteiger partial charge in [-0.3, -0.25) is 14.6 Å². The van der Waals surface area contributed by atoms with E-state index in [1.165, 1.54) is 18.1 Å². The molecule has 3 heterocycles. The van der Waals surface area contributed by atoms with E-state index in [1.54, 1.807) is 12.3 Å². The number of aromatic nitrogens is 3. The Kier molecular flexibility index (Phi) is 7.25. The second-order valence-corrected chi connectivity index (χ2v) is 8.57. The maximum atomic E-state index is 12.4. The average molecular weight is 453 g/mol. The van der Waals surface area contributed by atoms with Gasteiger partial charge in [0.25, 0.3) is 5.91 Å². The zero-order valence-electron chi connectivity index (χ0n) is 17.3. The summed E-state index contributed by atoms with van der Waals surface area (Å²) in [5.74, 6) is -0.834. The molecule has 1 aliphatic rings. The maximum Gasteiger partial charge on any atom is 0.271 e. The Bertz CT molecular complexity index is 1080. The molecule has 0 spiro atoms. The predicted octanol–water partition coefficient (Wildman–Crippen LogP) is 1.40. The lowest BCUT2D eigenvalue weighted by Crippen LogP contribution is -2.48.